The van der Waals surface area contributed by atoms with Crippen LogP contribution in [0.2, 0.25) is 0 Å². The molecule has 0 unspecified atom stereocenters. The van der Waals surface area contributed by atoms with Crippen molar-refractivity contribution < 1.29 is 17.9 Å². The lowest BCUT2D eigenvalue weighted by Crippen LogP contribution is -2.37. The second kappa shape index (κ2) is 9.36. The number of para-hydroxylation sites is 1. The summed E-state index contributed by atoms with van der Waals surface area (Å²) >= 11 is 1.74. The van der Waals surface area contributed by atoms with Crippen LogP contribution in [-0.2, 0) is 14.6 Å². The Kier molecular flexibility index (Phi) is 6.57. The number of rotatable bonds is 7. The quantitative estimate of drug-likeness (QED) is 0.529. The van der Waals surface area contributed by atoms with Crippen LogP contribution in [0.1, 0.15) is 36.6 Å². The van der Waals surface area contributed by atoms with Gasteiger partial charge in [0.05, 0.1) is 33.0 Å². The van der Waals surface area contributed by atoms with Gasteiger partial charge in [0.1, 0.15) is 5.75 Å². The van der Waals surface area contributed by atoms with Gasteiger partial charge in [0.25, 0.3) is 0 Å². The fourth-order valence-corrected chi connectivity index (χ4v) is 6.36. The Morgan fingerprint density at radius 1 is 1.13 bits per heavy atom. The number of hydrogen-bond donors (Lipinski definition) is 0. The predicted octanol–water partition coefficient (Wildman–Crippen LogP) is 4.27. The summed E-state index contributed by atoms with van der Waals surface area (Å²) in [6.07, 6.45) is 2.37. The summed E-state index contributed by atoms with van der Waals surface area (Å²) in [6, 6.07) is 14.5. The number of carbonyl (C=O) groups is 1. The van der Waals surface area contributed by atoms with Crippen molar-refractivity contribution in [2.75, 3.05) is 26.0 Å². The first-order chi connectivity index (χ1) is 15.0. The molecule has 0 bridgehead atoms. The number of likely N-dealkylation sites (tertiary alicyclic amines) is 1. The van der Waals surface area contributed by atoms with E-state index in [9.17, 15) is 13.2 Å². The third kappa shape index (κ3) is 5.07. The number of ether oxygens (including phenoxy) is 1. The number of thiazole rings is 1. The van der Waals surface area contributed by atoms with Gasteiger partial charge in [0, 0.05) is 25.4 Å². The first-order valence-electron chi connectivity index (χ1n) is 10.5. The molecule has 1 aliphatic rings. The maximum atomic E-state index is 12.6. The number of carbonyl (C=O) groups excluding carboxylic acids is 1. The van der Waals surface area contributed by atoms with E-state index in [1.54, 1.807) is 35.6 Å². The van der Waals surface area contributed by atoms with Crippen LogP contribution < -0.4 is 4.74 Å². The number of hydrogen-bond acceptors (Lipinski definition) is 6. The third-order valence-corrected chi connectivity index (χ3v) is 8.75. The Balaban J connectivity index is 1.26. The molecule has 8 heteroatoms. The van der Waals surface area contributed by atoms with Crippen molar-refractivity contribution in [1.29, 1.82) is 0 Å². The maximum absolute atomic E-state index is 12.6. The minimum Gasteiger partial charge on any atom is -0.497 e. The molecule has 1 fully saturated rings. The van der Waals surface area contributed by atoms with E-state index in [-0.39, 0.29) is 23.0 Å². The molecule has 0 saturated carbocycles. The largest absolute Gasteiger partial charge is 0.497 e. The lowest BCUT2D eigenvalue weighted by Gasteiger charge is -2.31. The highest BCUT2D eigenvalue weighted by Crippen LogP contribution is 2.34. The normalized spacial score (nSPS) is 15.3. The van der Waals surface area contributed by atoms with E-state index < -0.39 is 9.84 Å². The average Bonchev–Trinajstić information content (AvgIpc) is 3.23. The van der Waals surface area contributed by atoms with Crippen LogP contribution in [0.5, 0.6) is 5.75 Å². The number of benzene rings is 2. The van der Waals surface area contributed by atoms with Crippen LogP contribution in [0.25, 0.3) is 10.2 Å². The van der Waals surface area contributed by atoms with Crippen molar-refractivity contribution in [3.05, 3.63) is 53.5 Å². The van der Waals surface area contributed by atoms with Crippen LogP contribution in [0.4, 0.5) is 0 Å². The third-order valence-electron chi connectivity index (χ3n) is 5.73. The topological polar surface area (TPSA) is 76.6 Å². The van der Waals surface area contributed by atoms with E-state index >= 15 is 0 Å². The van der Waals surface area contributed by atoms with Crippen LogP contribution >= 0.6 is 11.3 Å². The summed E-state index contributed by atoms with van der Waals surface area (Å²) in [6.45, 7) is 1.40. The molecule has 2 heterocycles. The van der Waals surface area contributed by atoms with Gasteiger partial charge in [-0.2, -0.15) is 0 Å². The molecule has 0 radical (unpaired) electrons. The summed E-state index contributed by atoms with van der Waals surface area (Å²) in [5.41, 5.74) is 1.04. The molecular weight excluding hydrogens is 432 g/mol. The SMILES string of the molecule is COc1ccc(S(=O)(=O)CCCC(=O)N2CCC(c3nc4ccccc4s3)CC2)cc1. The van der Waals surface area contributed by atoms with Gasteiger partial charge < -0.3 is 9.64 Å². The van der Waals surface area contributed by atoms with Gasteiger partial charge in [0.2, 0.25) is 5.91 Å². The minimum atomic E-state index is -3.40. The van der Waals surface area contributed by atoms with Crippen molar-refractivity contribution in [3.8, 4) is 5.75 Å². The van der Waals surface area contributed by atoms with Gasteiger partial charge in [-0.15, -0.1) is 11.3 Å². The fraction of sp³-hybridized carbons (Fsp3) is 0.391. The predicted molar refractivity (Wildman–Crippen MR) is 122 cm³/mol. The van der Waals surface area contributed by atoms with E-state index in [0.717, 1.165) is 23.4 Å². The van der Waals surface area contributed by atoms with Crippen molar-refractivity contribution >= 4 is 37.3 Å². The van der Waals surface area contributed by atoms with E-state index in [2.05, 4.69) is 6.07 Å². The summed E-state index contributed by atoms with van der Waals surface area (Å²) in [5.74, 6) is 1.00. The molecule has 3 aromatic rings. The second-order valence-electron chi connectivity index (χ2n) is 7.77. The van der Waals surface area contributed by atoms with E-state index in [1.807, 2.05) is 23.1 Å². The first-order valence-corrected chi connectivity index (χ1v) is 12.9. The molecule has 1 aliphatic heterocycles. The highest BCUT2D eigenvalue weighted by Gasteiger charge is 2.26. The van der Waals surface area contributed by atoms with Gasteiger partial charge >= 0.3 is 0 Å². The highest BCUT2D eigenvalue weighted by molar-refractivity contribution is 7.91. The summed E-state index contributed by atoms with van der Waals surface area (Å²) in [7, 11) is -1.86. The lowest BCUT2D eigenvalue weighted by molar-refractivity contribution is -0.132. The molecule has 164 valence electrons. The summed E-state index contributed by atoms with van der Waals surface area (Å²) in [5, 5.41) is 1.15. The molecule has 2 aromatic carbocycles. The van der Waals surface area contributed by atoms with Crippen molar-refractivity contribution in [2.45, 2.75) is 36.5 Å². The van der Waals surface area contributed by atoms with Crippen LogP contribution in [0.3, 0.4) is 0 Å². The number of nitrogens with zero attached hydrogens (tertiary/aromatic N) is 2. The Labute approximate surface area is 186 Å². The molecule has 0 spiro atoms. The number of aromatic nitrogens is 1. The Morgan fingerprint density at radius 3 is 2.52 bits per heavy atom. The standard InChI is InChI=1S/C23H26N2O4S2/c1-29-18-8-10-19(11-9-18)31(27,28)16-4-7-22(26)25-14-12-17(13-15-25)23-24-20-5-2-3-6-21(20)30-23/h2-3,5-6,8-11,17H,4,7,12-16H2,1H3. The lowest BCUT2D eigenvalue weighted by atomic mass is 9.97. The van der Waals surface area contributed by atoms with E-state index in [0.29, 0.717) is 31.2 Å². The maximum Gasteiger partial charge on any atom is 0.222 e. The number of piperidine rings is 1. The van der Waals surface area contributed by atoms with Gasteiger partial charge in [-0.25, -0.2) is 13.4 Å². The van der Waals surface area contributed by atoms with Gasteiger partial charge in [-0.05, 0) is 55.7 Å². The molecule has 0 atom stereocenters. The Bertz CT molecular complexity index is 1110. The zero-order valence-electron chi connectivity index (χ0n) is 17.5. The average molecular weight is 459 g/mol. The van der Waals surface area contributed by atoms with Crippen LogP contribution in [0, 0.1) is 0 Å². The monoisotopic (exact) mass is 458 g/mol. The summed E-state index contributed by atoms with van der Waals surface area (Å²) < 4.78 is 31.3. The number of sulfone groups is 1. The van der Waals surface area contributed by atoms with Crippen molar-refractivity contribution in [2.24, 2.45) is 0 Å². The van der Waals surface area contributed by atoms with E-state index in [1.165, 1.54) is 11.8 Å². The molecule has 0 aliphatic carbocycles. The van der Waals surface area contributed by atoms with Crippen LogP contribution in [-0.4, -0.2) is 50.2 Å². The molecular formula is C23H26N2O4S2. The zero-order valence-corrected chi connectivity index (χ0v) is 19.1. The number of amides is 1. The second-order valence-corrected chi connectivity index (χ2v) is 10.9. The molecule has 1 amide bonds. The molecule has 4 rings (SSSR count). The van der Waals surface area contributed by atoms with E-state index in [4.69, 9.17) is 9.72 Å². The smallest absolute Gasteiger partial charge is 0.222 e. The molecule has 31 heavy (non-hydrogen) atoms. The number of fused-ring (bicyclic) bond motifs is 1. The van der Waals surface area contributed by atoms with Crippen molar-refractivity contribution in [1.82, 2.24) is 9.88 Å². The number of methoxy groups -OCH3 is 1. The highest BCUT2D eigenvalue weighted by atomic mass is 32.2. The minimum absolute atomic E-state index is 0.0345. The molecule has 1 aromatic heterocycles. The Hall–Kier alpha value is -2.45. The Morgan fingerprint density at radius 2 is 1.84 bits per heavy atom. The van der Waals surface area contributed by atoms with Crippen LogP contribution in [0.15, 0.2) is 53.4 Å². The zero-order chi connectivity index (χ0) is 21.8. The molecule has 6 nitrogen and oxygen atoms in total. The van der Waals surface area contributed by atoms with Gasteiger partial charge in [0.15, 0.2) is 9.84 Å². The fourth-order valence-electron chi connectivity index (χ4n) is 3.91. The van der Waals surface area contributed by atoms with Gasteiger partial charge in [-0.1, -0.05) is 12.1 Å². The summed E-state index contributed by atoms with van der Waals surface area (Å²) in [4.78, 5) is 19.5. The molecule has 0 N–H and O–H groups in total. The molecule has 1 saturated heterocycles. The van der Waals surface area contributed by atoms with Gasteiger partial charge in [-0.3, -0.25) is 4.79 Å². The first kappa shape index (κ1) is 21.8. The van der Waals surface area contributed by atoms with Crippen molar-refractivity contribution in [3.63, 3.8) is 0 Å².